The van der Waals surface area contributed by atoms with Crippen molar-refractivity contribution in [3.05, 3.63) is 35.6 Å². The van der Waals surface area contributed by atoms with Gasteiger partial charge in [0.05, 0.1) is 12.2 Å². The highest BCUT2D eigenvalue weighted by Crippen LogP contribution is 2.17. The van der Waals surface area contributed by atoms with Gasteiger partial charge >= 0.3 is 0 Å². The zero-order chi connectivity index (χ0) is 8.55. The molecule has 0 saturated carbocycles. The maximum Gasteiger partial charge on any atom is 0.196 e. The zero-order valence-corrected chi connectivity index (χ0v) is 6.29. The van der Waals surface area contributed by atoms with Gasteiger partial charge in [-0.15, -0.1) is 0 Å². The Morgan fingerprint density at radius 2 is 2.17 bits per heavy atom. The molecule has 12 heavy (non-hydrogen) atoms. The first-order valence-electron chi connectivity index (χ1n) is 3.69. The Morgan fingerprint density at radius 3 is 2.75 bits per heavy atom. The molecule has 0 N–H and O–H groups in total. The molecule has 0 radical (unpaired) electrons. The molecule has 1 fully saturated rings. The van der Waals surface area contributed by atoms with Gasteiger partial charge in [-0.25, -0.2) is 4.39 Å². The summed E-state index contributed by atoms with van der Waals surface area (Å²) >= 11 is 0. The lowest BCUT2D eigenvalue weighted by atomic mass is 10.1. The Labute approximate surface area is 69.0 Å². The van der Waals surface area contributed by atoms with Gasteiger partial charge in [0.1, 0.15) is 11.9 Å². The maximum absolute atomic E-state index is 13.0. The number of halogens is 1. The van der Waals surface area contributed by atoms with Gasteiger partial charge in [-0.05, 0) is 12.1 Å². The molecule has 0 aromatic heterocycles. The predicted molar refractivity (Wildman–Crippen MR) is 40.5 cm³/mol. The Balaban J connectivity index is 2.32. The molecule has 1 aromatic carbocycles. The zero-order valence-electron chi connectivity index (χ0n) is 6.29. The highest BCUT2D eigenvalue weighted by molar-refractivity contribution is 6.01. The smallest absolute Gasteiger partial charge is 0.196 e. The van der Waals surface area contributed by atoms with Crippen molar-refractivity contribution in [3.63, 3.8) is 0 Å². The number of hydrogen-bond acceptors (Lipinski definition) is 2. The first-order chi connectivity index (χ1) is 5.79. The van der Waals surface area contributed by atoms with E-state index in [9.17, 15) is 9.18 Å². The number of carbonyl (C=O) groups excluding carboxylic acids is 1. The lowest BCUT2D eigenvalue weighted by molar-refractivity contribution is 0.0949. The number of ketones is 1. The fourth-order valence-corrected chi connectivity index (χ4v) is 1.03. The highest BCUT2D eigenvalue weighted by Gasteiger charge is 2.33. The lowest BCUT2D eigenvalue weighted by Gasteiger charge is -1.97. The van der Waals surface area contributed by atoms with Crippen LogP contribution in [0.2, 0.25) is 0 Å². The SMILES string of the molecule is O=C(c1ccccc1F)C1CO1. The van der Waals surface area contributed by atoms with Gasteiger partial charge in [0, 0.05) is 0 Å². The van der Waals surface area contributed by atoms with Crippen molar-refractivity contribution in [1.82, 2.24) is 0 Å². The number of Topliss-reactive ketones (excluding diaryl/α,β-unsaturated/α-hetero) is 1. The van der Waals surface area contributed by atoms with Crippen molar-refractivity contribution in [1.29, 1.82) is 0 Å². The molecular formula is C9H7FO2. The monoisotopic (exact) mass is 166 g/mol. The molecule has 62 valence electrons. The number of carbonyl (C=O) groups is 1. The van der Waals surface area contributed by atoms with Crippen LogP contribution in [0.25, 0.3) is 0 Å². The molecule has 0 amide bonds. The summed E-state index contributed by atoms with van der Waals surface area (Å²) in [7, 11) is 0. The topological polar surface area (TPSA) is 29.6 Å². The summed E-state index contributed by atoms with van der Waals surface area (Å²) in [5, 5.41) is 0. The predicted octanol–water partition coefficient (Wildman–Crippen LogP) is 1.41. The van der Waals surface area contributed by atoms with Crippen LogP contribution in [-0.2, 0) is 4.74 Å². The number of epoxide rings is 1. The fourth-order valence-electron chi connectivity index (χ4n) is 1.03. The van der Waals surface area contributed by atoms with E-state index in [1.807, 2.05) is 0 Å². The summed E-state index contributed by atoms with van der Waals surface area (Å²) in [6.07, 6.45) is -0.401. The first-order valence-corrected chi connectivity index (χ1v) is 3.69. The molecule has 2 nitrogen and oxygen atoms in total. The Bertz CT molecular complexity index is 318. The molecule has 1 aliphatic rings. The molecule has 1 aliphatic heterocycles. The van der Waals surface area contributed by atoms with Gasteiger partial charge in [-0.1, -0.05) is 12.1 Å². The van der Waals surface area contributed by atoms with Gasteiger partial charge in [0.2, 0.25) is 0 Å². The quantitative estimate of drug-likeness (QED) is 0.491. The molecule has 2 rings (SSSR count). The molecule has 1 aromatic rings. The summed E-state index contributed by atoms with van der Waals surface area (Å²) in [6.45, 7) is 0.424. The summed E-state index contributed by atoms with van der Waals surface area (Å²) < 4.78 is 17.7. The minimum absolute atomic E-state index is 0.125. The van der Waals surface area contributed by atoms with E-state index < -0.39 is 11.9 Å². The average molecular weight is 166 g/mol. The summed E-state index contributed by atoms with van der Waals surface area (Å²) in [5.74, 6) is -0.730. The molecule has 1 heterocycles. The number of ether oxygens (including phenoxy) is 1. The lowest BCUT2D eigenvalue weighted by Crippen LogP contribution is -2.08. The Morgan fingerprint density at radius 1 is 1.50 bits per heavy atom. The van der Waals surface area contributed by atoms with Crippen molar-refractivity contribution in [2.24, 2.45) is 0 Å². The third-order valence-corrected chi connectivity index (χ3v) is 1.77. The normalized spacial score (nSPS) is 20.6. The first kappa shape index (κ1) is 7.43. The van der Waals surface area contributed by atoms with Gasteiger partial charge in [-0.2, -0.15) is 0 Å². The number of rotatable bonds is 2. The molecule has 1 saturated heterocycles. The highest BCUT2D eigenvalue weighted by atomic mass is 19.1. The number of hydrogen-bond donors (Lipinski definition) is 0. The summed E-state index contributed by atoms with van der Waals surface area (Å²) in [6, 6.07) is 5.94. The Kier molecular flexibility index (Phi) is 1.66. The van der Waals surface area contributed by atoms with Crippen LogP contribution in [0.1, 0.15) is 10.4 Å². The maximum atomic E-state index is 13.0. The van der Waals surface area contributed by atoms with Crippen LogP contribution in [0, 0.1) is 5.82 Å². The van der Waals surface area contributed by atoms with Gasteiger partial charge in [-0.3, -0.25) is 4.79 Å². The average Bonchev–Trinajstić information content (AvgIpc) is 2.86. The number of benzene rings is 1. The molecule has 0 aliphatic carbocycles. The fraction of sp³-hybridized carbons (Fsp3) is 0.222. The van der Waals surface area contributed by atoms with Crippen LogP contribution in [0.4, 0.5) is 4.39 Å². The van der Waals surface area contributed by atoms with Gasteiger partial charge < -0.3 is 4.74 Å². The van der Waals surface area contributed by atoms with E-state index in [0.29, 0.717) is 6.61 Å². The van der Waals surface area contributed by atoms with Crippen LogP contribution in [-0.4, -0.2) is 18.5 Å². The minimum atomic E-state index is -0.474. The summed E-state index contributed by atoms with van der Waals surface area (Å²) in [4.78, 5) is 11.3. The van der Waals surface area contributed by atoms with Crippen molar-refractivity contribution in [3.8, 4) is 0 Å². The second-order valence-electron chi connectivity index (χ2n) is 2.67. The molecule has 0 bridgehead atoms. The third kappa shape index (κ3) is 1.23. The molecule has 1 atom stereocenters. The minimum Gasteiger partial charge on any atom is -0.364 e. The van der Waals surface area contributed by atoms with Gasteiger partial charge in [0.15, 0.2) is 5.78 Å². The van der Waals surface area contributed by atoms with Crippen LogP contribution in [0.3, 0.4) is 0 Å². The van der Waals surface area contributed by atoms with Crippen LogP contribution in [0.15, 0.2) is 24.3 Å². The standard InChI is InChI=1S/C9H7FO2/c10-7-4-2-1-3-6(7)9(11)8-5-12-8/h1-4,8H,5H2. The Hall–Kier alpha value is -1.22. The second kappa shape index (κ2) is 2.68. The molecule has 1 unspecified atom stereocenters. The van der Waals surface area contributed by atoms with E-state index in [0.717, 1.165) is 0 Å². The largest absolute Gasteiger partial charge is 0.364 e. The van der Waals surface area contributed by atoms with E-state index in [1.54, 1.807) is 12.1 Å². The van der Waals surface area contributed by atoms with Crippen LogP contribution < -0.4 is 0 Å². The van der Waals surface area contributed by atoms with Crippen LogP contribution in [0.5, 0.6) is 0 Å². The van der Waals surface area contributed by atoms with Crippen molar-refractivity contribution in [2.75, 3.05) is 6.61 Å². The van der Waals surface area contributed by atoms with Crippen LogP contribution >= 0.6 is 0 Å². The van der Waals surface area contributed by atoms with Crippen molar-refractivity contribution >= 4 is 5.78 Å². The third-order valence-electron chi connectivity index (χ3n) is 1.77. The van der Waals surface area contributed by atoms with E-state index in [-0.39, 0.29) is 11.3 Å². The molecule has 0 spiro atoms. The summed E-state index contributed by atoms with van der Waals surface area (Å²) in [5.41, 5.74) is 0.125. The van der Waals surface area contributed by atoms with E-state index >= 15 is 0 Å². The molecular weight excluding hydrogens is 159 g/mol. The molecule has 3 heteroatoms. The van der Waals surface area contributed by atoms with E-state index in [4.69, 9.17) is 4.74 Å². The van der Waals surface area contributed by atoms with E-state index in [1.165, 1.54) is 12.1 Å². The van der Waals surface area contributed by atoms with Crippen molar-refractivity contribution < 1.29 is 13.9 Å². The van der Waals surface area contributed by atoms with Gasteiger partial charge in [0.25, 0.3) is 0 Å². The second-order valence-corrected chi connectivity index (χ2v) is 2.67. The van der Waals surface area contributed by atoms with E-state index in [2.05, 4.69) is 0 Å². The van der Waals surface area contributed by atoms with Crippen molar-refractivity contribution in [2.45, 2.75) is 6.10 Å².